The van der Waals surface area contributed by atoms with Crippen molar-refractivity contribution in [1.82, 2.24) is 18.7 Å². The molecule has 59 heavy (non-hydrogen) atoms. The molecule has 0 spiro atoms. The highest BCUT2D eigenvalue weighted by atomic mass is 15.0. The third-order valence-corrected chi connectivity index (χ3v) is 12.4. The van der Waals surface area contributed by atoms with Crippen LogP contribution in [-0.4, -0.2) is 18.7 Å². The summed E-state index contributed by atoms with van der Waals surface area (Å²) < 4.78 is 7.37. The van der Waals surface area contributed by atoms with Gasteiger partial charge in [-0.25, -0.2) is 0 Å². The number of hydrogen-bond acceptors (Lipinski definition) is 0. The number of benzene rings is 7. The highest BCUT2D eigenvalue weighted by Crippen LogP contribution is 2.43. The molecule has 0 amide bonds. The molecule has 1 aliphatic rings. The van der Waals surface area contributed by atoms with Gasteiger partial charge in [-0.1, -0.05) is 140 Å². The first kappa shape index (κ1) is 33.6. The van der Waals surface area contributed by atoms with Gasteiger partial charge in [-0.3, -0.25) is 0 Å². The van der Waals surface area contributed by atoms with Crippen LogP contribution in [0.25, 0.3) is 99.0 Å². The number of rotatable bonds is 4. The number of allylic oxidation sites excluding steroid dienone is 4. The van der Waals surface area contributed by atoms with E-state index in [4.69, 9.17) is 0 Å². The van der Waals surface area contributed by atoms with Crippen LogP contribution in [0.15, 0.2) is 200 Å². The maximum Gasteiger partial charge on any atom is 0.0788 e. The lowest BCUT2D eigenvalue weighted by molar-refractivity contribution is 0.740. The van der Waals surface area contributed by atoms with E-state index in [0.717, 1.165) is 34.5 Å². The number of nitrogens with one attached hydrogen (secondary N) is 1. The van der Waals surface area contributed by atoms with Gasteiger partial charge in [0.1, 0.15) is 0 Å². The summed E-state index contributed by atoms with van der Waals surface area (Å²) in [6.07, 6.45) is 10.1. The minimum absolute atomic E-state index is 0.489. The molecule has 0 radical (unpaired) electrons. The Kier molecular flexibility index (Phi) is 7.54. The first-order valence-electron chi connectivity index (χ1n) is 20.6. The van der Waals surface area contributed by atoms with E-state index in [-0.39, 0.29) is 0 Å². The van der Waals surface area contributed by atoms with Crippen LogP contribution in [0.5, 0.6) is 0 Å². The van der Waals surface area contributed by atoms with Crippen molar-refractivity contribution in [2.75, 3.05) is 0 Å². The van der Waals surface area contributed by atoms with Gasteiger partial charge in [0.05, 0.1) is 38.6 Å². The van der Waals surface area contributed by atoms with Crippen LogP contribution in [0.1, 0.15) is 18.9 Å². The molecular weight excluding hydrogens is 717 g/mol. The molecule has 0 fully saturated rings. The lowest BCUT2D eigenvalue weighted by atomic mass is 9.92. The van der Waals surface area contributed by atoms with E-state index in [0.29, 0.717) is 5.92 Å². The molecule has 11 aromatic rings. The lowest BCUT2D eigenvalue weighted by Gasteiger charge is -2.15. The summed E-state index contributed by atoms with van der Waals surface area (Å²) in [7, 11) is 0. The molecule has 0 aliphatic heterocycles. The van der Waals surface area contributed by atoms with Crippen LogP contribution < -0.4 is 0 Å². The molecule has 0 saturated carbocycles. The van der Waals surface area contributed by atoms with Gasteiger partial charge in [-0.05, 0) is 84.1 Å². The van der Waals surface area contributed by atoms with E-state index in [9.17, 15) is 0 Å². The SMILES string of the molecule is CC1C=C(c2ccccc[nH]c3c2ccc2c4ccccc4n(-c4ccc(-n5c6ccccc6c6ccc7c8ccccc8n(-c8ccccc8)c7c65)cc4)c23)C=CC1. The number of hydrogen-bond donors (Lipinski definition) is 1. The van der Waals surface area contributed by atoms with Gasteiger partial charge in [0.2, 0.25) is 0 Å². The molecule has 4 nitrogen and oxygen atoms in total. The second-order valence-corrected chi connectivity index (χ2v) is 15.9. The number of aromatic nitrogens is 4. The van der Waals surface area contributed by atoms with Crippen LogP contribution in [0.3, 0.4) is 0 Å². The molecule has 1 aliphatic carbocycles. The predicted molar refractivity (Wildman–Crippen MR) is 250 cm³/mol. The van der Waals surface area contributed by atoms with Gasteiger partial charge in [-0.15, -0.1) is 0 Å². The van der Waals surface area contributed by atoms with Crippen molar-refractivity contribution in [2.24, 2.45) is 5.92 Å². The quantitative estimate of drug-likeness (QED) is 0.185. The van der Waals surface area contributed by atoms with Crippen LogP contribution >= 0.6 is 0 Å². The van der Waals surface area contributed by atoms with E-state index < -0.39 is 0 Å². The summed E-state index contributed by atoms with van der Waals surface area (Å²) >= 11 is 0. The van der Waals surface area contributed by atoms with E-state index in [1.165, 1.54) is 76.4 Å². The molecule has 4 aromatic heterocycles. The molecule has 7 aromatic carbocycles. The molecule has 4 heterocycles. The van der Waals surface area contributed by atoms with Crippen molar-refractivity contribution < 1.29 is 0 Å². The fraction of sp³-hybridized carbons (Fsp3) is 0.0545. The molecule has 12 rings (SSSR count). The fourth-order valence-electron chi connectivity index (χ4n) is 9.83. The predicted octanol–water partition coefficient (Wildman–Crippen LogP) is 14.6. The molecular formula is C55H40N4. The number of aromatic amines is 1. The second kappa shape index (κ2) is 13.3. The van der Waals surface area contributed by atoms with Gasteiger partial charge in [0.15, 0.2) is 0 Å². The normalized spacial score (nSPS) is 14.3. The van der Waals surface area contributed by atoms with E-state index >= 15 is 0 Å². The number of para-hydroxylation sites is 4. The number of fused-ring (bicyclic) bond motifs is 12. The Morgan fingerprint density at radius 1 is 0.424 bits per heavy atom. The van der Waals surface area contributed by atoms with Crippen molar-refractivity contribution >= 4 is 81.9 Å². The average molecular weight is 757 g/mol. The summed E-state index contributed by atoms with van der Waals surface area (Å²) in [4.78, 5) is 3.77. The first-order chi connectivity index (χ1) is 29.2. The van der Waals surface area contributed by atoms with E-state index in [1.54, 1.807) is 0 Å². The smallest absolute Gasteiger partial charge is 0.0788 e. The zero-order valence-corrected chi connectivity index (χ0v) is 32.7. The Labute approximate surface area is 341 Å². The lowest BCUT2D eigenvalue weighted by Crippen LogP contribution is -2.00. The standard InChI is InChI=1S/C55H40N4/c1-36-15-14-16-37(35-36)41-19-6-3-13-34-56-52-45(41)30-31-46-42-20-7-10-23-49(42)57(53(46)52)39-26-28-40(29-27-39)59-51-25-12-9-22-44(51)48-33-32-47-43-21-8-11-24-50(43)58(54(47)55(48)59)38-17-4-2-5-18-38/h2-14,16-36,56H,15H2,1H3. The zero-order valence-electron chi connectivity index (χ0n) is 32.7. The van der Waals surface area contributed by atoms with Crippen LogP contribution in [-0.2, 0) is 0 Å². The third-order valence-electron chi connectivity index (χ3n) is 12.4. The molecule has 280 valence electrons. The van der Waals surface area contributed by atoms with Gasteiger partial charge >= 0.3 is 0 Å². The van der Waals surface area contributed by atoms with Crippen LogP contribution in [0.2, 0.25) is 0 Å². The van der Waals surface area contributed by atoms with Crippen LogP contribution in [0.4, 0.5) is 0 Å². The minimum atomic E-state index is 0.489. The van der Waals surface area contributed by atoms with Crippen molar-refractivity contribution in [3.05, 3.63) is 206 Å². The first-order valence-corrected chi connectivity index (χ1v) is 20.6. The second-order valence-electron chi connectivity index (χ2n) is 15.9. The average Bonchev–Trinajstić information content (AvgIpc) is 3.94. The Morgan fingerprint density at radius 3 is 1.46 bits per heavy atom. The summed E-state index contributed by atoms with van der Waals surface area (Å²) in [5, 5.41) is 8.61. The monoisotopic (exact) mass is 756 g/mol. The third kappa shape index (κ3) is 5.09. The van der Waals surface area contributed by atoms with Gasteiger partial charge in [0.25, 0.3) is 0 Å². The minimum Gasteiger partial charge on any atom is -0.359 e. The largest absolute Gasteiger partial charge is 0.359 e. The van der Waals surface area contributed by atoms with Crippen LogP contribution in [0, 0.1) is 5.92 Å². The Morgan fingerprint density at radius 2 is 0.881 bits per heavy atom. The van der Waals surface area contributed by atoms with Crippen molar-refractivity contribution in [2.45, 2.75) is 13.3 Å². The topological polar surface area (TPSA) is 30.6 Å². The van der Waals surface area contributed by atoms with Gasteiger partial charge in [-0.2, -0.15) is 0 Å². The summed E-state index contributed by atoms with van der Waals surface area (Å²) in [5.74, 6) is 0.489. The molecule has 1 atom stereocenters. The van der Waals surface area contributed by atoms with Crippen molar-refractivity contribution in [3.8, 4) is 17.1 Å². The highest BCUT2D eigenvalue weighted by Gasteiger charge is 2.22. The summed E-state index contributed by atoms with van der Waals surface area (Å²) in [5.41, 5.74) is 14.1. The summed E-state index contributed by atoms with van der Waals surface area (Å²) in [6, 6.07) is 64.2. The molecule has 0 bridgehead atoms. The fourth-order valence-corrected chi connectivity index (χ4v) is 9.83. The Balaban J connectivity index is 1.14. The Bertz CT molecular complexity index is 3590. The zero-order chi connectivity index (χ0) is 39.0. The van der Waals surface area contributed by atoms with E-state index in [2.05, 4.69) is 226 Å². The summed E-state index contributed by atoms with van der Waals surface area (Å²) in [6.45, 7) is 2.30. The van der Waals surface area contributed by atoms with Crippen molar-refractivity contribution in [1.29, 1.82) is 0 Å². The van der Waals surface area contributed by atoms with E-state index in [1.807, 2.05) is 0 Å². The maximum absolute atomic E-state index is 3.77. The van der Waals surface area contributed by atoms with Crippen molar-refractivity contribution in [3.63, 3.8) is 0 Å². The van der Waals surface area contributed by atoms with Gasteiger partial charge < -0.3 is 18.7 Å². The molecule has 4 heteroatoms. The highest BCUT2D eigenvalue weighted by molar-refractivity contribution is 6.24. The molecule has 1 N–H and O–H groups in total. The van der Waals surface area contributed by atoms with Gasteiger partial charge in [0, 0.05) is 61.0 Å². The Hall–Kier alpha value is -7.56. The maximum atomic E-state index is 3.77. The number of H-pyrrole nitrogens is 1. The molecule has 1 unspecified atom stereocenters. The number of nitrogens with zero attached hydrogens (tertiary/aromatic N) is 3. The molecule has 0 saturated heterocycles.